The third kappa shape index (κ3) is 4.67. The minimum absolute atomic E-state index is 0. The van der Waals surface area contributed by atoms with Crippen LogP contribution in [-0.2, 0) is 42.3 Å². The molecule has 1 radical (unpaired) electrons. The molecule has 3 nitrogen and oxygen atoms in total. The second-order valence-electron chi connectivity index (χ2n) is 4.95. The first-order valence-electron chi connectivity index (χ1n) is 4.75. The van der Waals surface area contributed by atoms with Gasteiger partial charge in [0.2, 0.25) is 0 Å². The number of hydrogen-bond donors (Lipinski definition) is 1. The third-order valence-corrected chi connectivity index (χ3v) is 2.14. The number of rotatable bonds is 2. The quantitative estimate of drug-likeness (QED) is 0.777. The van der Waals surface area contributed by atoms with Crippen LogP contribution in [0.3, 0.4) is 0 Å². The van der Waals surface area contributed by atoms with E-state index in [1.807, 2.05) is 20.8 Å². The zero-order chi connectivity index (χ0) is 10.9. The van der Waals surface area contributed by atoms with Crippen molar-refractivity contribution in [1.29, 1.82) is 0 Å². The van der Waals surface area contributed by atoms with Crippen LogP contribution >= 0.6 is 0 Å². The van der Waals surface area contributed by atoms with Crippen molar-refractivity contribution in [3.8, 4) is 0 Å². The maximum absolute atomic E-state index is 11.3. The zero-order valence-electron chi connectivity index (χ0n) is 9.41. The van der Waals surface area contributed by atoms with E-state index in [4.69, 9.17) is 0 Å². The Kier molecular flexibility index (Phi) is 5.52. The van der Waals surface area contributed by atoms with Crippen molar-refractivity contribution >= 4 is 11.6 Å². The van der Waals surface area contributed by atoms with Gasteiger partial charge in [0, 0.05) is 38.3 Å². The van der Waals surface area contributed by atoms with Crippen LogP contribution in [0.25, 0.3) is 0 Å². The van der Waals surface area contributed by atoms with Gasteiger partial charge in [0.15, 0.2) is 11.6 Å². The van der Waals surface area contributed by atoms with Gasteiger partial charge in [-0.05, 0) is 17.9 Å². The summed E-state index contributed by atoms with van der Waals surface area (Å²) in [5.74, 6) is -0.426. The molecule has 1 aliphatic rings. The largest absolute Gasteiger partial charge is 0.388 e. The molecule has 0 aliphatic heterocycles. The number of ketones is 2. The van der Waals surface area contributed by atoms with Gasteiger partial charge in [0.25, 0.3) is 0 Å². The van der Waals surface area contributed by atoms with Crippen LogP contribution in [-0.4, -0.2) is 22.8 Å². The Hall–Kier alpha value is 0.144. The van der Waals surface area contributed by atoms with E-state index >= 15 is 0 Å². The average Bonchev–Trinajstić information content (AvgIpc) is 2.26. The molecule has 0 heterocycles. The van der Waals surface area contributed by atoms with E-state index in [1.165, 1.54) is 6.08 Å². The number of aliphatic hydroxyl groups is 1. The van der Waals surface area contributed by atoms with E-state index in [0.29, 0.717) is 6.42 Å². The van der Waals surface area contributed by atoms with E-state index in [9.17, 15) is 14.7 Å². The molecule has 0 aromatic carbocycles. The molecular weight excluding hydrogens is 269 g/mol. The molecule has 0 aromatic heterocycles. The van der Waals surface area contributed by atoms with Gasteiger partial charge in [-0.2, -0.15) is 0 Å². The summed E-state index contributed by atoms with van der Waals surface area (Å²) in [5.41, 5.74) is 0.233. The maximum Gasteiger partial charge on any atom is 0.169 e. The molecule has 1 unspecified atom stereocenters. The van der Waals surface area contributed by atoms with E-state index in [1.54, 1.807) is 0 Å². The number of aliphatic hydroxyl groups excluding tert-OH is 1. The minimum atomic E-state index is -0.797. The number of allylic oxidation sites excluding steroid dienone is 1. The second kappa shape index (κ2) is 5.47. The first-order chi connectivity index (χ1) is 6.29. The summed E-state index contributed by atoms with van der Waals surface area (Å²) in [5, 5.41) is 9.73. The number of carbonyl (C=O) groups excluding carboxylic acids is 2. The predicted octanol–water partition coefficient (Wildman–Crippen LogP) is 1.25. The summed E-state index contributed by atoms with van der Waals surface area (Å²) in [6.45, 7) is 5.95. The van der Waals surface area contributed by atoms with Gasteiger partial charge in [-0.25, -0.2) is 0 Å². The first-order valence-corrected chi connectivity index (χ1v) is 4.75. The molecule has 0 bridgehead atoms. The summed E-state index contributed by atoms with van der Waals surface area (Å²) >= 11 is 0. The predicted molar refractivity (Wildman–Crippen MR) is 52.8 cm³/mol. The van der Waals surface area contributed by atoms with E-state index in [0.717, 1.165) is 0 Å². The van der Waals surface area contributed by atoms with Crippen molar-refractivity contribution in [1.82, 2.24) is 0 Å². The van der Waals surface area contributed by atoms with Gasteiger partial charge >= 0.3 is 0 Å². The molecule has 15 heavy (non-hydrogen) atoms. The van der Waals surface area contributed by atoms with Crippen LogP contribution in [0.5, 0.6) is 0 Å². The summed E-state index contributed by atoms with van der Waals surface area (Å²) in [6.07, 6.45) is 0.904. The third-order valence-electron chi connectivity index (χ3n) is 2.14. The van der Waals surface area contributed by atoms with Gasteiger partial charge in [0.1, 0.15) is 0 Å². The Morgan fingerprint density at radius 3 is 2.27 bits per heavy atom. The molecule has 1 atom stereocenters. The van der Waals surface area contributed by atoms with E-state index in [2.05, 4.69) is 0 Å². The summed E-state index contributed by atoms with van der Waals surface area (Å²) in [6, 6.07) is 0. The van der Waals surface area contributed by atoms with Crippen molar-refractivity contribution in [3.63, 3.8) is 0 Å². The average molecular weight is 285 g/mol. The molecule has 1 rings (SSSR count). The van der Waals surface area contributed by atoms with Gasteiger partial charge in [-0.3, -0.25) is 9.59 Å². The van der Waals surface area contributed by atoms with Crippen molar-refractivity contribution < 1.29 is 47.4 Å². The molecule has 0 saturated carbocycles. The van der Waals surface area contributed by atoms with Crippen LogP contribution in [0.4, 0.5) is 0 Å². The van der Waals surface area contributed by atoms with Gasteiger partial charge in [0.05, 0.1) is 12.5 Å². The summed E-state index contributed by atoms with van der Waals surface area (Å²) in [7, 11) is 0. The second-order valence-corrected chi connectivity index (χ2v) is 4.95. The van der Waals surface area contributed by atoms with Crippen molar-refractivity contribution in [2.45, 2.75) is 39.7 Å². The molecule has 0 spiro atoms. The molecule has 0 saturated heterocycles. The molecule has 81 valence electrons. The van der Waals surface area contributed by atoms with Crippen LogP contribution in [0, 0.1) is 5.41 Å². The molecule has 1 aliphatic carbocycles. The molecule has 0 aromatic rings. The monoisotopic (exact) mass is 285 g/mol. The Morgan fingerprint density at radius 1 is 1.40 bits per heavy atom. The summed E-state index contributed by atoms with van der Waals surface area (Å²) in [4.78, 5) is 22.2. The SMILES string of the molecule is CC(C)(C)CC(O)C1=CC(=O)CC1=O.[Y]. The van der Waals surface area contributed by atoms with Gasteiger partial charge < -0.3 is 5.11 Å². The standard InChI is InChI=1S/C11H16O3.Y/c1-11(2,3)6-10(14)8-4-7(12)5-9(8)13;/h4,10,14H,5-6H2,1-3H3;. The fourth-order valence-corrected chi connectivity index (χ4v) is 1.54. The smallest absolute Gasteiger partial charge is 0.169 e. The number of carbonyl (C=O) groups is 2. The molecular formula is C11H16O3Y. The molecule has 1 N–H and O–H groups in total. The molecule has 4 heteroatoms. The summed E-state index contributed by atoms with van der Waals surface area (Å²) < 4.78 is 0. The Bertz CT molecular complexity index is 299. The number of Topliss-reactive ketones (excluding diaryl/α,β-unsaturated/α-hetero) is 1. The molecule has 0 amide bonds. The fourth-order valence-electron chi connectivity index (χ4n) is 1.54. The van der Waals surface area contributed by atoms with Crippen molar-refractivity contribution in [2.24, 2.45) is 5.41 Å². The minimum Gasteiger partial charge on any atom is -0.388 e. The van der Waals surface area contributed by atoms with Crippen molar-refractivity contribution in [3.05, 3.63) is 11.6 Å². The normalized spacial score (nSPS) is 18.5. The fraction of sp³-hybridized carbons (Fsp3) is 0.636. The van der Waals surface area contributed by atoms with E-state index < -0.39 is 6.10 Å². The van der Waals surface area contributed by atoms with Crippen LogP contribution < -0.4 is 0 Å². The zero-order valence-corrected chi connectivity index (χ0v) is 12.2. The Labute approximate surface area is 115 Å². The Morgan fingerprint density at radius 2 is 1.93 bits per heavy atom. The molecule has 0 fully saturated rings. The topological polar surface area (TPSA) is 54.4 Å². The van der Waals surface area contributed by atoms with Crippen molar-refractivity contribution in [2.75, 3.05) is 0 Å². The van der Waals surface area contributed by atoms with Crippen LogP contribution in [0.2, 0.25) is 0 Å². The van der Waals surface area contributed by atoms with Crippen LogP contribution in [0.15, 0.2) is 11.6 Å². The Balaban J connectivity index is 0.00000196. The van der Waals surface area contributed by atoms with Gasteiger partial charge in [-0.15, -0.1) is 0 Å². The maximum atomic E-state index is 11.3. The first kappa shape index (κ1) is 15.1. The van der Waals surface area contributed by atoms with Crippen LogP contribution in [0.1, 0.15) is 33.6 Å². The van der Waals surface area contributed by atoms with Gasteiger partial charge in [-0.1, -0.05) is 20.8 Å². The van der Waals surface area contributed by atoms with E-state index in [-0.39, 0.29) is 61.7 Å². The number of hydrogen-bond acceptors (Lipinski definition) is 3.